The number of nitrogens with one attached hydrogen (secondary N) is 2. The van der Waals surface area contributed by atoms with Crippen LogP contribution in [0.25, 0.3) is 22.8 Å². The smallest absolute Gasteiger partial charge is 0.230 e. The Bertz CT molecular complexity index is 1430. The number of carbonyl (C=O) groups excluding carboxylic acids is 2. The van der Waals surface area contributed by atoms with Crippen molar-refractivity contribution in [3.8, 4) is 22.8 Å². The Morgan fingerprint density at radius 2 is 1.57 bits per heavy atom. The maximum absolute atomic E-state index is 13.2. The molecule has 0 atom stereocenters. The van der Waals surface area contributed by atoms with Crippen molar-refractivity contribution in [1.29, 1.82) is 0 Å². The van der Waals surface area contributed by atoms with E-state index in [1.165, 1.54) is 12.5 Å². The summed E-state index contributed by atoms with van der Waals surface area (Å²) in [4.78, 5) is 30.0. The Balaban J connectivity index is 1.69. The number of benzene rings is 3. The molecule has 6 nitrogen and oxygen atoms in total. The summed E-state index contributed by atoms with van der Waals surface area (Å²) in [6.07, 6.45) is -0.00162. The Kier molecular flexibility index (Phi) is 7.30. The van der Waals surface area contributed by atoms with E-state index in [2.05, 4.69) is 43.5 Å². The lowest BCUT2D eigenvalue weighted by Crippen LogP contribution is -2.18. The molecule has 1 aromatic heterocycles. The quantitative estimate of drug-likeness (QED) is 0.269. The molecule has 4 rings (SSSR count). The van der Waals surface area contributed by atoms with Crippen LogP contribution < -0.4 is 10.6 Å². The highest BCUT2D eigenvalue weighted by Crippen LogP contribution is 2.33. The third kappa shape index (κ3) is 5.80. The minimum Gasteiger partial charge on any atom is -0.436 e. The van der Waals surface area contributed by atoms with Crippen LogP contribution in [0.15, 0.2) is 71.1 Å². The van der Waals surface area contributed by atoms with Crippen molar-refractivity contribution in [2.75, 3.05) is 17.7 Å². The largest absolute Gasteiger partial charge is 0.436 e. The van der Waals surface area contributed by atoms with Gasteiger partial charge in [0.1, 0.15) is 0 Å². The molecule has 0 aliphatic carbocycles. The van der Waals surface area contributed by atoms with E-state index in [4.69, 9.17) is 9.40 Å². The SMILES string of the molecule is CNc1ccc(-c2oc(-c3ccc(C(C)(C)C)cc3)nc2CC(=O)Nc2c(C)cccc2C(C)=O)cc1. The fourth-order valence-electron chi connectivity index (χ4n) is 4.18. The van der Waals surface area contributed by atoms with Crippen LogP contribution in [0.3, 0.4) is 0 Å². The van der Waals surface area contributed by atoms with Gasteiger partial charge in [0.2, 0.25) is 11.8 Å². The molecule has 0 aliphatic heterocycles. The number of nitrogens with zero attached hydrogens (tertiary/aromatic N) is 1. The predicted octanol–water partition coefficient (Wildman–Crippen LogP) is 7.04. The van der Waals surface area contributed by atoms with Gasteiger partial charge in [-0.2, -0.15) is 0 Å². The van der Waals surface area contributed by atoms with Crippen LogP contribution in [0.1, 0.15) is 54.9 Å². The van der Waals surface area contributed by atoms with Gasteiger partial charge in [-0.15, -0.1) is 0 Å². The van der Waals surface area contributed by atoms with Crippen LogP contribution in [-0.4, -0.2) is 23.7 Å². The van der Waals surface area contributed by atoms with Crippen LogP contribution in [0, 0.1) is 6.92 Å². The number of hydrogen-bond donors (Lipinski definition) is 2. The van der Waals surface area contributed by atoms with Gasteiger partial charge in [-0.25, -0.2) is 4.98 Å². The summed E-state index contributed by atoms with van der Waals surface area (Å²) in [5.74, 6) is 0.625. The number of amides is 1. The molecule has 37 heavy (non-hydrogen) atoms. The number of oxazole rings is 1. The number of para-hydroxylation sites is 1. The highest BCUT2D eigenvalue weighted by molar-refractivity contribution is 6.05. The zero-order valence-corrected chi connectivity index (χ0v) is 22.2. The van der Waals surface area contributed by atoms with E-state index in [-0.39, 0.29) is 23.5 Å². The van der Waals surface area contributed by atoms with E-state index in [0.29, 0.717) is 28.6 Å². The van der Waals surface area contributed by atoms with Crippen LogP contribution in [0.5, 0.6) is 0 Å². The van der Waals surface area contributed by atoms with Crippen molar-refractivity contribution >= 4 is 23.1 Å². The molecular formula is C31H33N3O3. The van der Waals surface area contributed by atoms with E-state index < -0.39 is 0 Å². The topological polar surface area (TPSA) is 84.2 Å². The van der Waals surface area contributed by atoms with E-state index in [0.717, 1.165) is 22.4 Å². The van der Waals surface area contributed by atoms with E-state index in [9.17, 15) is 9.59 Å². The van der Waals surface area contributed by atoms with Gasteiger partial charge in [-0.1, -0.05) is 45.0 Å². The number of rotatable bonds is 7. The number of Topliss-reactive ketones (excluding diaryl/α,β-unsaturated/α-hetero) is 1. The number of aryl methyl sites for hydroxylation is 1. The number of aromatic nitrogens is 1. The van der Waals surface area contributed by atoms with E-state index >= 15 is 0 Å². The molecule has 2 N–H and O–H groups in total. The molecule has 6 heteroatoms. The van der Waals surface area contributed by atoms with Gasteiger partial charge < -0.3 is 15.1 Å². The standard InChI is InChI=1S/C31H33N3O3/c1-19-8-7-9-25(20(2)35)28(19)34-27(36)18-26-29(21-12-16-24(32-6)17-13-21)37-30(33-26)22-10-14-23(15-11-22)31(3,4)5/h7-17,32H,18H2,1-6H3,(H,34,36). The van der Waals surface area contributed by atoms with Crippen molar-refractivity contribution in [2.45, 2.75) is 46.5 Å². The van der Waals surface area contributed by atoms with Crippen molar-refractivity contribution < 1.29 is 14.0 Å². The first-order chi connectivity index (χ1) is 17.6. The molecule has 0 aliphatic rings. The highest BCUT2D eigenvalue weighted by atomic mass is 16.4. The molecule has 4 aromatic rings. The molecule has 0 unspecified atom stereocenters. The third-order valence-corrected chi connectivity index (χ3v) is 6.38. The Morgan fingerprint density at radius 1 is 0.919 bits per heavy atom. The fraction of sp³-hybridized carbons (Fsp3) is 0.258. The zero-order valence-electron chi connectivity index (χ0n) is 22.2. The minimum absolute atomic E-state index is 0.00162. The summed E-state index contributed by atoms with van der Waals surface area (Å²) in [5.41, 5.74) is 6.25. The van der Waals surface area contributed by atoms with E-state index in [1.807, 2.05) is 62.5 Å². The minimum atomic E-state index is -0.271. The number of anilines is 2. The van der Waals surface area contributed by atoms with Crippen LogP contribution in [0.4, 0.5) is 11.4 Å². The van der Waals surface area contributed by atoms with Gasteiger partial charge in [0.05, 0.1) is 17.8 Å². The first kappa shape index (κ1) is 25.9. The molecule has 0 bridgehead atoms. The summed E-state index contributed by atoms with van der Waals surface area (Å²) >= 11 is 0. The molecule has 190 valence electrons. The van der Waals surface area contributed by atoms with Crippen LogP contribution in [-0.2, 0) is 16.6 Å². The summed E-state index contributed by atoms with van der Waals surface area (Å²) in [6.45, 7) is 9.87. The maximum Gasteiger partial charge on any atom is 0.230 e. The highest BCUT2D eigenvalue weighted by Gasteiger charge is 2.21. The first-order valence-electron chi connectivity index (χ1n) is 12.4. The first-order valence-corrected chi connectivity index (χ1v) is 12.4. The predicted molar refractivity (Wildman–Crippen MR) is 149 cm³/mol. The summed E-state index contributed by atoms with van der Waals surface area (Å²) in [7, 11) is 1.86. The summed E-state index contributed by atoms with van der Waals surface area (Å²) in [6, 6.07) is 21.3. The Morgan fingerprint density at radius 3 is 2.16 bits per heavy atom. The lowest BCUT2D eigenvalue weighted by molar-refractivity contribution is -0.115. The average molecular weight is 496 g/mol. The average Bonchev–Trinajstić information content (AvgIpc) is 3.28. The Hall–Kier alpha value is -4.19. The fourth-order valence-corrected chi connectivity index (χ4v) is 4.18. The molecule has 0 saturated heterocycles. The van der Waals surface area contributed by atoms with Gasteiger partial charge in [-0.05, 0) is 72.9 Å². The van der Waals surface area contributed by atoms with Gasteiger partial charge in [-0.3, -0.25) is 9.59 Å². The molecule has 3 aromatic carbocycles. The van der Waals surface area contributed by atoms with Gasteiger partial charge in [0, 0.05) is 29.4 Å². The van der Waals surface area contributed by atoms with Crippen molar-refractivity contribution in [1.82, 2.24) is 4.98 Å². The normalized spacial score (nSPS) is 11.3. The lowest BCUT2D eigenvalue weighted by atomic mass is 9.87. The molecule has 0 spiro atoms. The monoisotopic (exact) mass is 495 g/mol. The van der Waals surface area contributed by atoms with Gasteiger partial charge in [0.25, 0.3) is 0 Å². The van der Waals surface area contributed by atoms with Crippen molar-refractivity contribution in [3.63, 3.8) is 0 Å². The zero-order chi connectivity index (χ0) is 26.7. The summed E-state index contributed by atoms with van der Waals surface area (Å²) in [5, 5.41) is 6.04. The van der Waals surface area contributed by atoms with Crippen LogP contribution >= 0.6 is 0 Å². The molecule has 0 radical (unpaired) electrons. The summed E-state index contributed by atoms with van der Waals surface area (Å²) < 4.78 is 6.26. The van der Waals surface area contributed by atoms with E-state index in [1.54, 1.807) is 6.07 Å². The second-order valence-corrected chi connectivity index (χ2v) is 10.2. The molecule has 1 amide bonds. The molecule has 0 saturated carbocycles. The third-order valence-electron chi connectivity index (χ3n) is 6.38. The lowest BCUT2D eigenvalue weighted by Gasteiger charge is -2.18. The number of ketones is 1. The number of carbonyl (C=O) groups is 2. The molecule has 1 heterocycles. The van der Waals surface area contributed by atoms with Crippen LogP contribution in [0.2, 0.25) is 0 Å². The maximum atomic E-state index is 13.2. The van der Waals surface area contributed by atoms with Gasteiger partial charge in [0.15, 0.2) is 11.5 Å². The molecule has 0 fully saturated rings. The number of hydrogen-bond acceptors (Lipinski definition) is 5. The van der Waals surface area contributed by atoms with Crippen molar-refractivity contribution in [2.24, 2.45) is 0 Å². The molecular weight excluding hydrogens is 462 g/mol. The second kappa shape index (κ2) is 10.4. The second-order valence-electron chi connectivity index (χ2n) is 10.2. The Labute approximate surface area is 218 Å². The van der Waals surface area contributed by atoms with Crippen molar-refractivity contribution in [3.05, 3.63) is 89.1 Å². The van der Waals surface area contributed by atoms with Gasteiger partial charge >= 0.3 is 0 Å².